The molecule has 0 spiro atoms. The minimum atomic E-state index is -0.683. The molecule has 0 amide bonds. The van der Waals surface area contributed by atoms with Crippen LogP contribution in [0.3, 0.4) is 0 Å². The van der Waals surface area contributed by atoms with E-state index in [4.69, 9.17) is 5.11 Å². The van der Waals surface area contributed by atoms with Crippen molar-refractivity contribution in [3.05, 3.63) is 18.0 Å². The third kappa shape index (κ3) is 2.72. The van der Waals surface area contributed by atoms with Crippen LogP contribution >= 0.6 is 0 Å². The number of carboxylic acids is 1. The molecule has 1 aliphatic rings. The van der Waals surface area contributed by atoms with Crippen LogP contribution in [0, 0.1) is 11.8 Å². The Morgan fingerprint density at radius 3 is 2.78 bits per heavy atom. The van der Waals surface area contributed by atoms with Crippen molar-refractivity contribution in [1.29, 1.82) is 0 Å². The number of likely N-dealkylation sites (tertiary alicyclic amines) is 1. The summed E-state index contributed by atoms with van der Waals surface area (Å²) in [5, 5.41) is 13.6. The molecule has 2 heterocycles. The predicted molar refractivity (Wildman–Crippen MR) is 68.2 cm³/mol. The molecule has 1 aromatic rings. The SMILES string of the molecule is CC(C)n1ccc(CN2C[C@@H](C)[C@H](C(=O)O)C2)n1. The van der Waals surface area contributed by atoms with E-state index in [1.54, 1.807) is 0 Å². The summed E-state index contributed by atoms with van der Waals surface area (Å²) in [6.45, 7) is 8.40. The van der Waals surface area contributed by atoms with E-state index in [2.05, 4.69) is 23.8 Å². The molecule has 0 aliphatic carbocycles. The molecule has 1 fully saturated rings. The highest BCUT2D eigenvalue weighted by molar-refractivity contribution is 5.71. The first-order chi connectivity index (χ1) is 8.47. The van der Waals surface area contributed by atoms with Crippen molar-refractivity contribution < 1.29 is 9.90 Å². The number of aromatic nitrogens is 2. The normalized spacial score (nSPS) is 24.9. The van der Waals surface area contributed by atoms with Crippen LogP contribution < -0.4 is 0 Å². The average molecular weight is 251 g/mol. The molecule has 2 atom stereocenters. The van der Waals surface area contributed by atoms with Crippen LogP contribution in [0.5, 0.6) is 0 Å². The fraction of sp³-hybridized carbons (Fsp3) is 0.692. The summed E-state index contributed by atoms with van der Waals surface area (Å²) in [6, 6.07) is 2.38. The first-order valence-corrected chi connectivity index (χ1v) is 6.46. The molecular formula is C13H21N3O2. The Hall–Kier alpha value is -1.36. The van der Waals surface area contributed by atoms with Crippen LogP contribution in [-0.2, 0) is 11.3 Å². The van der Waals surface area contributed by atoms with Crippen molar-refractivity contribution in [2.45, 2.75) is 33.4 Å². The van der Waals surface area contributed by atoms with Gasteiger partial charge in [0.2, 0.25) is 0 Å². The van der Waals surface area contributed by atoms with Crippen LogP contribution in [0.15, 0.2) is 12.3 Å². The molecule has 5 heteroatoms. The number of carbonyl (C=O) groups is 1. The Bertz CT molecular complexity index is 428. The second-order valence-corrected chi connectivity index (χ2v) is 5.50. The third-order valence-electron chi connectivity index (χ3n) is 3.58. The second-order valence-electron chi connectivity index (χ2n) is 5.50. The predicted octanol–water partition coefficient (Wildman–Crippen LogP) is 1.62. The van der Waals surface area contributed by atoms with Crippen LogP contribution in [0.2, 0.25) is 0 Å². The van der Waals surface area contributed by atoms with Crippen LogP contribution in [0.25, 0.3) is 0 Å². The topological polar surface area (TPSA) is 58.4 Å². The molecule has 0 bridgehead atoms. The van der Waals surface area contributed by atoms with Gasteiger partial charge in [0.25, 0.3) is 0 Å². The maximum Gasteiger partial charge on any atom is 0.308 e. The minimum Gasteiger partial charge on any atom is -0.481 e. The van der Waals surface area contributed by atoms with Gasteiger partial charge in [-0.15, -0.1) is 0 Å². The maximum absolute atomic E-state index is 11.1. The number of nitrogens with zero attached hydrogens (tertiary/aromatic N) is 3. The summed E-state index contributed by atoms with van der Waals surface area (Å²) >= 11 is 0. The van der Waals surface area contributed by atoms with Gasteiger partial charge in [-0.25, -0.2) is 0 Å². The van der Waals surface area contributed by atoms with Crippen molar-refractivity contribution in [2.24, 2.45) is 11.8 Å². The highest BCUT2D eigenvalue weighted by Crippen LogP contribution is 2.24. The summed E-state index contributed by atoms with van der Waals surface area (Å²) < 4.78 is 1.93. The molecule has 100 valence electrons. The first kappa shape index (κ1) is 13.1. The Morgan fingerprint density at radius 2 is 2.28 bits per heavy atom. The zero-order valence-corrected chi connectivity index (χ0v) is 11.2. The molecule has 0 radical (unpaired) electrons. The number of hydrogen-bond acceptors (Lipinski definition) is 3. The standard InChI is InChI=1S/C13H21N3O2/c1-9(2)16-5-4-11(14-16)7-15-6-10(3)12(8-15)13(17)18/h4-5,9-10,12H,6-8H2,1-3H3,(H,17,18)/t10-,12-/m1/s1. The highest BCUT2D eigenvalue weighted by Gasteiger charge is 2.34. The molecule has 0 unspecified atom stereocenters. The number of rotatable bonds is 4. The van der Waals surface area contributed by atoms with E-state index in [1.165, 1.54) is 0 Å². The average Bonchev–Trinajstić information content (AvgIpc) is 2.86. The molecule has 1 aliphatic heterocycles. The van der Waals surface area contributed by atoms with Crippen LogP contribution in [0.4, 0.5) is 0 Å². The Labute approximate surface area is 107 Å². The molecule has 1 N–H and O–H groups in total. The highest BCUT2D eigenvalue weighted by atomic mass is 16.4. The largest absolute Gasteiger partial charge is 0.481 e. The van der Waals surface area contributed by atoms with Crippen molar-refractivity contribution in [3.63, 3.8) is 0 Å². The van der Waals surface area contributed by atoms with E-state index in [0.717, 1.165) is 18.8 Å². The summed E-state index contributed by atoms with van der Waals surface area (Å²) in [7, 11) is 0. The number of hydrogen-bond donors (Lipinski definition) is 1. The molecule has 5 nitrogen and oxygen atoms in total. The molecule has 1 aromatic heterocycles. The van der Waals surface area contributed by atoms with Crippen LogP contribution in [0.1, 0.15) is 32.5 Å². The maximum atomic E-state index is 11.1. The quantitative estimate of drug-likeness (QED) is 0.883. The summed E-state index contributed by atoms with van der Waals surface area (Å²) in [4.78, 5) is 13.2. The molecule has 2 rings (SSSR count). The van der Waals surface area contributed by atoms with Gasteiger partial charge in [-0.1, -0.05) is 6.92 Å². The zero-order chi connectivity index (χ0) is 13.3. The fourth-order valence-corrected chi connectivity index (χ4v) is 2.50. The van der Waals surface area contributed by atoms with E-state index < -0.39 is 5.97 Å². The van der Waals surface area contributed by atoms with Gasteiger partial charge in [0.15, 0.2) is 0 Å². The fourth-order valence-electron chi connectivity index (χ4n) is 2.50. The smallest absolute Gasteiger partial charge is 0.308 e. The molecule has 18 heavy (non-hydrogen) atoms. The third-order valence-corrected chi connectivity index (χ3v) is 3.58. The van der Waals surface area contributed by atoms with Gasteiger partial charge < -0.3 is 5.11 Å². The van der Waals surface area contributed by atoms with E-state index >= 15 is 0 Å². The van der Waals surface area contributed by atoms with Gasteiger partial charge in [-0.2, -0.15) is 5.10 Å². The van der Waals surface area contributed by atoms with Gasteiger partial charge in [0.1, 0.15) is 0 Å². The minimum absolute atomic E-state index is 0.217. The second kappa shape index (κ2) is 5.10. The molecule has 0 aromatic carbocycles. The summed E-state index contributed by atoms with van der Waals surface area (Å²) in [5.41, 5.74) is 1.02. The van der Waals surface area contributed by atoms with Gasteiger partial charge >= 0.3 is 5.97 Å². The zero-order valence-electron chi connectivity index (χ0n) is 11.2. The van der Waals surface area contributed by atoms with Gasteiger partial charge in [0.05, 0.1) is 11.6 Å². The lowest BCUT2D eigenvalue weighted by atomic mass is 9.99. The summed E-state index contributed by atoms with van der Waals surface area (Å²) in [5.74, 6) is -0.704. The van der Waals surface area contributed by atoms with Crippen molar-refractivity contribution in [3.8, 4) is 0 Å². The molecular weight excluding hydrogens is 230 g/mol. The van der Waals surface area contributed by atoms with Gasteiger partial charge in [-0.3, -0.25) is 14.4 Å². The lowest BCUT2D eigenvalue weighted by molar-refractivity contribution is -0.142. The monoisotopic (exact) mass is 251 g/mol. The van der Waals surface area contributed by atoms with E-state index in [0.29, 0.717) is 12.6 Å². The van der Waals surface area contributed by atoms with Crippen LogP contribution in [-0.4, -0.2) is 38.8 Å². The van der Waals surface area contributed by atoms with Crippen molar-refractivity contribution >= 4 is 5.97 Å². The molecule has 1 saturated heterocycles. The van der Waals surface area contributed by atoms with Gasteiger partial charge in [0, 0.05) is 31.9 Å². The van der Waals surface area contributed by atoms with E-state index in [1.807, 2.05) is 23.9 Å². The Morgan fingerprint density at radius 1 is 1.56 bits per heavy atom. The first-order valence-electron chi connectivity index (χ1n) is 6.46. The summed E-state index contributed by atoms with van der Waals surface area (Å²) in [6.07, 6.45) is 1.98. The van der Waals surface area contributed by atoms with E-state index in [-0.39, 0.29) is 11.8 Å². The van der Waals surface area contributed by atoms with Crippen molar-refractivity contribution in [1.82, 2.24) is 14.7 Å². The Balaban J connectivity index is 1.96. The lowest BCUT2D eigenvalue weighted by Crippen LogP contribution is -2.23. The lowest BCUT2D eigenvalue weighted by Gasteiger charge is -2.13. The number of carboxylic acid groups (broad SMARTS) is 1. The van der Waals surface area contributed by atoms with Crippen molar-refractivity contribution in [2.75, 3.05) is 13.1 Å². The van der Waals surface area contributed by atoms with E-state index in [9.17, 15) is 4.79 Å². The van der Waals surface area contributed by atoms with Gasteiger partial charge in [-0.05, 0) is 25.8 Å². The Kier molecular flexibility index (Phi) is 3.71. The molecule has 0 saturated carbocycles. The number of aliphatic carboxylic acids is 1.